The number of hydrogen-bond donors (Lipinski definition) is 2. The van der Waals surface area contributed by atoms with Crippen molar-refractivity contribution in [2.75, 3.05) is 11.5 Å². The molecule has 0 aromatic heterocycles. The van der Waals surface area contributed by atoms with E-state index >= 15 is 0 Å². The minimum Gasteiger partial charge on any atom is -0.479 e. The molecule has 1 aliphatic heterocycles. The zero-order chi connectivity index (χ0) is 13.9. The fourth-order valence-corrected chi connectivity index (χ4v) is 3.31. The van der Waals surface area contributed by atoms with Crippen LogP contribution in [-0.2, 0) is 16.0 Å². The third-order valence-corrected chi connectivity index (χ3v) is 4.28. The standard InChI is InChI=1S/C13H14FNO3S/c14-10-3-1-9(2-4-10)7-11(16)15-13(12(17)18)5-6-19-8-13/h1-4H,5-8H2,(H,15,16)(H,17,18). The first-order valence-corrected chi connectivity index (χ1v) is 7.04. The van der Waals surface area contributed by atoms with Gasteiger partial charge >= 0.3 is 5.97 Å². The number of carboxylic acids is 1. The van der Waals surface area contributed by atoms with Gasteiger partial charge in [-0.05, 0) is 29.9 Å². The van der Waals surface area contributed by atoms with Gasteiger partial charge in [-0.2, -0.15) is 11.8 Å². The maximum atomic E-state index is 12.7. The Balaban J connectivity index is 2.00. The first-order valence-electron chi connectivity index (χ1n) is 5.88. The Morgan fingerprint density at radius 1 is 1.37 bits per heavy atom. The molecule has 0 radical (unpaired) electrons. The Labute approximate surface area is 114 Å². The van der Waals surface area contributed by atoms with E-state index in [0.29, 0.717) is 17.7 Å². The molecule has 2 rings (SSSR count). The van der Waals surface area contributed by atoms with Crippen LogP contribution in [0.5, 0.6) is 0 Å². The van der Waals surface area contributed by atoms with Gasteiger partial charge in [0.1, 0.15) is 11.4 Å². The van der Waals surface area contributed by atoms with Crippen LogP contribution in [0.4, 0.5) is 4.39 Å². The van der Waals surface area contributed by atoms with Crippen LogP contribution in [0.3, 0.4) is 0 Å². The number of nitrogens with one attached hydrogen (secondary N) is 1. The van der Waals surface area contributed by atoms with E-state index in [1.54, 1.807) is 0 Å². The predicted molar refractivity (Wildman–Crippen MR) is 70.6 cm³/mol. The first-order chi connectivity index (χ1) is 9.02. The quantitative estimate of drug-likeness (QED) is 0.877. The molecule has 4 nitrogen and oxygen atoms in total. The number of hydrogen-bond acceptors (Lipinski definition) is 3. The van der Waals surface area contributed by atoms with Crippen molar-refractivity contribution < 1.29 is 19.1 Å². The molecule has 2 N–H and O–H groups in total. The number of rotatable bonds is 4. The summed E-state index contributed by atoms with van der Waals surface area (Å²) in [7, 11) is 0. The minimum atomic E-state index is -1.15. The number of carboxylic acid groups (broad SMARTS) is 1. The zero-order valence-corrected chi connectivity index (χ0v) is 11.0. The maximum absolute atomic E-state index is 12.7. The lowest BCUT2D eigenvalue weighted by Crippen LogP contribution is -2.55. The summed E-state index contributed by atoms with van der Waals surface area (Å²) < 4.78 is 12.7. The molecule has 0 aliphatic carbocycles. The normalized spacial score (nSPS) is 22.2. The van der Waals surface area contributed by atoms with Gasteiger partial charge in [0.2, 0.25) is 5.91 Å². The molecule has 6 heteroatoms. The first kappa shape index (κ1) is 13.9. The van der Waals surface area contributed by atoms with Crippen LogP contribution in [0.2, 0.25) is 0 Å². The summed E-state index contributed by atoms with van der Waals surface area (Å²) in [5.41, 5.74) is -0.494. The van der Waals surface area contributed by atoms with E-state index in [2.05, 4.69) is 5.32 Å². The van der Waals surface area contributed by atoms with Crippen molar-refractivity contribution in [1.82, 2.24) is 5.32 Å². The lowest BCUT2D eigenvalue weighted by atomic mass is 9.98. The number of aliphatic carboxylic acids is 1. The average molecular weight is 283 g/mol. The van der Waals surface area contributed by atoms with Gasteiger partial charge in [-0.25, -0.2) is 9.18 Å². The second-order valence-electron chi connectivity index (χ2n) is 4.54. The van der Waals surface area contributed by atoms with Crippen molar-refractivity contribution >= 4 is 23.6 Å². The summed E-state index contributed by atoms with van der Waals surface area (Å²) in [6.07, 6.45) is 0.488. The molecule has 1 heterocycles. The second-order valence-corrected chi connectivity index (χ2v) is 5.65. The monoisotopic (exact) mass is 283 g/mol. The summed E-state index contributed by atoms with van der Waals surface area (Å²) in [5, 5.41) is 11.8. The fraction of sp³-hybridized carbons (Fsp3) is 0.385. The number of carbonyl (C=O) groups is 2. The highest BCUT2D eigenvalue weighted by Gasteiger charge is 2.43. The van der Waals surface area contributed by atoms with Gasteiger partial charge in [0.05, 0.1) is 6.42 Å². The van der Waals surface area contributed by atoms with E-state index in [1.165, 1.54) is 36.0 Å². The van der Waals surface area contributed by atoms with Crippen molar-refractivity contribution in [1.29, 1.82) is 0 Å². The largest absolute Gasteiger partial charge is 0.479 e. The molecule has 19 heavy (non-hydrogen) atoms. The lowest BCUT2D eigenvalue weighted by molar-refractivity contribution is -0.146. The Morgan fingerprint density at radius 3 is 2.58 bits per heavy atom. The van der Waals surface area contributed by atoms with Crippen LogP contribution in [-0.4, -0.2) is 34.0 Å². The maximum Gasteiger partial charge on any atom is 0.330 e. The van der Waals surface area contributed by atoms with E-state index in [1.807, 2.05) is 0 Å². The van der Waals surface area contributed by atoms with Crippen LogP contribution >= 0.6 is 11.8 Å². The Morgan fingerprint density at radius 2 is 2.05 bits per heavy atom. The highest BCUT2D eigenvalue weighted by atomic mass is 32.2. The van der Waals surface area contributed by atoms with E-state index in [0.717, 1.165) is 5.75 Å². The molecule has 1 aliphatic rings. The molecule has 102 valence electrons. The number of thioether (sulfide) groups is 1. The molecule has 0 bridgehead atoms. The molecule has 0 spiro atoms. The third-order valence-electron chi connectivity index (χ3n) is 3.09. The fourth-order valence-electron chi connectivity index (χ4n) is 1.98. The van der Waals surface area contributed by atoms with Crippen molar-refractivity contribution in [2.24, 2.45) is 0 Å². The van der Waals surface area contributed by atoms with Gasteiger partial charge < -0.3 is 10.4 Å². The van der Waals surface area contributed by atoms with E-state index in [-0.39, 0.29) is 18.1 Å². The molecule has 1 fully saturated rings. The SMILES string of the molecule is O=C(Cc1ccc(F)cc1)NC1(C(=O)O)CCSC1. The molecule has 1 aromatic rings. The van der Waals surface area contributed by atoms with Crippen molar-refractivity contribution in [3.63, 3.8) is 0 Å². The zero-order valence-electron chi connectivity index (χ0n) is 10.2. The molecule has 1 unspecified atom stereocenters. The van der Waals surface area contributed by atoms with E-state index in [4.69, 9.17) is 0 Å². The van der Waals surface area contributed by atoms with Gasteiger partial charge in [0, 0.05) is 5.75 Å². The number of halogens is 1. The van der Waals surface area contributed by atoms with Crippen molar-refractivity contribution in [3.05, 3.63) is 35.6 Å². The minimum absolute atomic E-state index is 0.0555. The van der Waals surface area contributed by atoms with Crippen LogP contribution in [0, 0.1) is 5.82 Å². The summed E-state index contributed by atoms with van der Waals surface area (Å²) in [6.45, 7) is 0. The number of amides is 1. The third kappa shape index (κ3) is 3.26. The average Bonchev–Trinajstić information content (AvgIpc) is 2.82. The van der Waals surface area contributed by atoms with Crippen LogP contribution in [0.1, 0.15) is 12.0 Å². The van der Waals surface area contributed by atoms with E-state index in [9.17, 15) is 19.1 Å². The van der Waals surface area contributed by atoms with Gasteiger partial charge in [0.15, 0.2) is 0 Å². The van der Waals surface area contributed by atoms with Crippen LogP contribution in [0.25, 0.3) is 0 Å². The van der Waals surface area contributed by atoms with Crippen molar-refractivity contribution in [3.8, 4) is 0 Å². The summed E-state index contributed by atoms with van der Waals surface area (Å²) >= 11 is 1.51. The van der Waals surface area contributed by atoms with Crippen LogP contribution < -0.4 is 5.32 Å². The topological polar surface area (TPSA) is 66.4 Å². The highest BCUT2D eigenvalue weighted by Crippen LogP contribution is 2.28. The molecule has 1 aromatic carbocycles. The summed E-state index contributed by atoms with van der Waals surface area (Å²) in [6, 6.07) is 5.60. The second kappa shape index (κ2) is 5.61. The summed E-state index contributed by atoms with van der Waals surface area (Å²) in [5.74, 6) is -0.597. The lowest BCUT2D eigenvalue weighted by Gasteiger charge is -2.24. The molecule has 0 saturated carbocycles. The van der Waals surface area contributed by atoms with E-state index < -0.39 is 11.5 Å². The Hall–Kier alpha value is -1.56. The molecule has 1 amide bonds. The van der Waals surface area contributed by atoms with Gasteiger partial charge in [-0.15, -0.1) is 0 Å². The molecule has 1 saturated heterocycles. The summed E-state index contributed by atoms with van der Waals surface area (Å²) in [4.78, 5) is 23.2. The smallest absolute Gasteiger partial charge is 0.330 e. The van der Waals surface area contributed by atoms with Gasteiger partial charge in [0.25, 0.3) is 0 Å². The van der Waals surface area contributed by atoms with Gasteiger partial charge in [-0.3, -0.25) is 4.79 Å². The predicted octanol–water partition coefficient (Wildman–Crippen LogP) is 1.44. The number of carbonyl (C=O) groups excluding carboxylic acids is 1. The molecular weight excluding hydrogens is 269 g/mol. The number of benzene rings is 1. The molecule has 1 atom stereocenters. The Bertz CT molecular complexity index is 483. The highest BCUT2D eigenvalue weighted by molar-refractivity contribution is 7.99. The van der Waals surface area contributed by atoms with Gasteiger partial charge in [-0.1, -0.05) is 12.1 Å². The molecular formula is C13H14FNO3S. The van der Waals surface area contributed by atoms with Crippen molar-refractivity contribution in [2.45, 2.75) is 18.4 Å². The Kier molecular flexibility index (Phi) is 4.09. The van der Waals surface area contributed by atoms with Crippen LogP contribution in [0.15, 0.2) is 24.3 Å².